The maximum Gasteiger partial charge on any atom is 0.106 e. The summed E-state index contributed by atoms with van der Waals surface area (Å²) in [6.07, 6.45) is 5.52. The zero-order chi connectivity index (χ0) is 12.1. The highest BCUT2D eigenvalue weighted by Crippen LogP contribution is 2.46. The highest BCUT2D eigenvalue weighted by atomic mass is 35.5. The number of nitrogens with one attached hydrogen (secondary N) is 1. The molecule has 1 aromatic heterocycles. The van der Waals surface area contributed by atoms with Gasteiger partial charge in [-0.1, -0.05) is 18.0 Å². The fraction of sp³-hybridized carbons (Fsp3) is 0.500. The van der Waals surface area contributed by atoms with Gasteiger partial charge in [0.1, 0.15) is 5.52 Å². The third kappa shape index (κ3) is 1.64. The van der Waals surface area contributed by atoms with Crippen LogP contribution in [0.2, 0.25) is 5.02 Å². The molecule has 1 N–H and O–H groups in total. The average Bonchev–Trinajstić information content (AvgIpc) is 3.07. The number of benzene rings is 1. The maximum absolute atomic E-state index is 6.34. The van der Waals surface area contributed by atoms with E-state index in [1.54, 1.807) is 11.3 Å². The van der Waals surface area contributed by atoms with Crippen molar-refractivity contribution in [1.29, 1.82) is 0 Å². The zero-order valence-electron chi connectivity index (χ0n) is 10.0. The number of rotatable bonds is 2. The van der Waals surface area contributed by atoms with E-state index in [0.717, 1.165) is 28.1 Å². The number of hydrogen-bond donors (Lipinski definition) is 1. The van der Waals surface area contributed by atoms with Crippen LogP contribution in [0.15, 0.2) is 17.6 Å². The molecule has 2 saturated carbocycles. The highest BCUT2D eigenvalue weighted by Gasteiger charge is 2.39. The molecule has 0 radical (unpaired) electrons. The number of aromatic nitrogens is 1. The Morgan fingerprint density at radius 3 is 3.00 bits per heavy atom. The second-order valence-electron chi connectivity index (χ2n) is 5.55. The van der Waals surface area contributed by atoms with Crippen LogP contribution in [0.5, 0.6) is 0 Å². The molecule has 4 heteroatoms. The van der Waals surface area contributed by atoms with Gasteiger partial charge in [0.25, 0.3) is 0 Å². The number of thiazole rings is 1. The molecule has 2 aromatic rings. The molecule has 2 aliphatic rings. The fourth-order valence-corrected chi connectivity index (χ4v) is 4.54. The minimum absolute atomic E-state index is 0.605. The maximum atomic E-state index is 6.34. The molecule has 18 heavy (non-hydrogen) atoms. The molecule has 3 unspecified atom stereocenters. The zero-order valence-corrected chi connectivity index (χ0v) is 11.6. The lowest BCUT2D eigenvalue weighted by atomic mass is 9.95. The molecule has 0 spiro atoms. The summed E-state index contributed by atoms with van der Waals surface area (Å²) in [6, 6.07) is 4.65. The van der Waals surface area contributed by atoms with Crippen LogP contribution in [0.4, 0.5) is 5.69 Å². The molecule has 4 rings (SSSR count). The standard InChI is InChI=1S/C14H15ClN2S/c15-10-3-4-12-14(16-7-18-12)13(10)17-11-6-8-1-2-9(11)5-8/h3-4,7-9,11,17H,1-2,5-6H2. The van der Waals surface area contributed by atoms with E-state index >= 15 is 0 Å². The summed E-state index contributed by atoms with van der Waals surface area (Å²) < 4.78 is 1.21. The highest BCUT2D eigenvalue weighted by molar-refractivity contribution is 7.16. The van der Waals surface area contributed by atoms with Crippen molar-refractivity contribution < 1.29 is 0 Å². The molecule has 1 aromatic carbocycles. The van der Waals surface area contributed by atoms with Gasteiger partial charge in [0.2, 0.25) is 0 Å². The van der Waals surface area contributed by atoms with Gasteiger partial charge >= 0.3 is 0 Å². The summed E-state index contributed by atoms with van der Waals surface area (Å²) in [5.41, 5.74) is 3.98. The van der Waals surface area contributed by atoms with E-state index < -0.39 is 0 Å². The first kappa shape index (κ1) is 11.1. The van der Waals surface area contributed by atoms with E-state index in [1.807, 2.05) is 11.6 Å². The van der Waals surface area contributed by atoms with Crippen molar-refractivity contribution in [3.63, 3.8) is 0 Å². The Bertz CT molecular complexity index is 594. The van der Waals surface area contributed by atoms with E-state index in [1.165, 1.54) is 30.4 Å². The molecular weight excluding hydrogens is 264 g/mol. The first-order chi connectivity index (χ1) is 8.81. The smallest absolute Gasteiger partial charge is 0.106 e. The number of hydrogen-bond acceptors (Lipinski definition) is 3. The quantitative estimate of drug-likeness (QED) is 0.872. The van der Waals surface area contributed by atoms with Crippen LogP contribution in [-0.4, -0.2) is 11.0 Å². The van der Waals surface area contributed by atoms with Crippen LogP contribution in [-0.2, 0) is 0 Å². The van der Waals surface area contributed by atoms with Gasteiger partial charge in [-0.15, -0.1) is 11.3 Å². The monoisotopic (exact) mass is 278 g/mol. The van der Waals surface area contributed by atoms with E-state index in [4.69, 9.17) is 11.6 Å². The van der Waals surface area contributed by atoms with Crippen LogP contribution in [0.25, 0.3) is 10.2 Å². The fourth-order valence-electron chi connectivity index (χ4n) is 3.65. The Balaban J connectivity index is 1.70. The van der Waals surface area contributed by atoms with Gasteiger partial charge in [0, 0.05) is 6.04 Å². The lowest BCUT2D eigenvalue weighted by Crippen LogP contribution is -2.26. The van der Waals surface area contributed by atoms with Crippen LogP contribution >= 0.6 is 22.9 Å². The Kier molecular flexibility index (Phi) is 2.52. The second-order valence-corrected chi connectivity index (χ2v) is 6.84. The molecule has 2 fully saturated rings. The Morgan fingerprint density at radius 1 is 1.28 bits per heavy atom. The summed E-state index contributed by atoms with van der Waals surface area (Å²) in [5.74, 6) is 1.79. The summed E-state index contributed by atoms with van der Waals surface area (Å²) in [5, 5.41) is 4.48. The molecule has 94 valence electrons. The second kappa shape index (κ2) is 4.10. The van der Waals surface area contributed by atoms with Crippen LogP contribution in [0.1, 0.15) is 25.7 Å². The number of nitrogens with zero attached hydrogens (tertiary/aromatic N) is 1. The SMILES string of the molecule is Clc1ccc2scnc2c1NC1CC2CCC1C2. The van der Waals surface area contributed by atoms with E-state index in [-0.39, 0.29) is 0 Å². The van der Waals surface area contributed by atoms with E-state index in [2.05, 4.69) is 16.4 Å². The number of fused-ring (bicyclic) bond motifs is 3. The van der Waals surface area contributed by atoms with Crippen molar-refractivity contribution in [1.82, 2.24) is 4.98 Å². The predicted molar refractivity (Wildman–Crippen MR) is 77.5 cm³/mol. The van der Waals surface area contributed by atoms with Gasteiger partial charge in [0.15, 0.2) is 0 Å². The number of anilines is 1. The Morgan fingerprint density at radius 2 is 2.22 bits per heavy atom. The van der Waals surface area contributed by atoms with Crippen molar-refractivity contribution in [3.8, 4) is 0 Å². The summed E-state index contributed by atoms with van der Waals surface area (Å²) >= 11 is 8.02. The van der Waals surface area contributed by atoms with E-state index in [9.17, 15) is 0 Å². The minimum Gasteiger partial charge on any atom is -0.379 e. The first-order valence-electron chi connectivity index (χ1n) is 6.59. The van der Waals surface area contributed by atoms with Crippen LogP contribution in [0, 0.1) is 11.8 Å². The van der Waals surface area contributed by atoms with Gasteiger partial charge in [-0.3, -0.25) is 0 Å². The largest absolute Gasteiger partial charge is 0.379 e. The molecule has 0 aliphatic heterocycles. The Labute approximate surface area is 115 Å². The summed E-state index contributed by atoms with van der Waals surface area (Å²) in [6.45, 7) is 0. The molecular formula is C14H15ClN2S. The van der Waals surface area contributed by atoms with Crippen molar-refractivity contribution in [3.05, 3.63) is 22.7 Å². The van der Waals surface area contributed by atoms with E-state index in [0.29, 0.717) is 6.04 Å². The molecule has 2 aliphatic carbocycles. The van der Waals surface area contributed by atoms with Crippen molar-refractivity contribution >= 4 is 38.8 Å². The van der Waals surface area contributed by atoms with Crippen LogP contribution in [0.3, 0.4) is 0 Å². The van der Waals surface area contributed by atoms with Crippen molar-refractivity contribution in [2.75, 3.05) is 5.32 Å². The Hall–Kier alpha value is -0.800. The molecule has 0 saturated heterocycles. The molecule has 1 heterocycles. The van der Waals surface area contributed by atoms with Gasteiger partial charge in [0.05, 0.1) is 20.9 Å². The first-order valence-corrected chi connectivity index (χ1v) is 7.85. The van der Waals surface area contributed by atoms with Gasteiger partial charge < -0.3 is 5.32 Å². The lowest BCUT2D eigenvalue weighted by Gasteiger charge is -2.24. The summed E-state index contributed by atoms with van der Waals surface area (Å²) in [7, 11) is 0. The van der Waals surface area contributed by atoms with Gasteiger partial charge in [-0.05, 0) is 43.2 Å². The predicted octanol–water partition coefficient (Wildman–Crippen LogP) is 4.55. The topological polar surface area (TPSA) is 24.9 Å². The third-order valence-electron chi connectivity index (χ3n) is 4.52. The molecule has 2 nitrogen and oxygen atoms in total. The molecule has 2 bridgehead atoms. The van der Waals surface area contributed by atoms with Gasteiger partial charge in [-0.2, -0.15) is 0 Å². The third-order valence-corrected chi connectivity index (χ3v) is 5.63. The summed E-state index contributed by atoms with van der Waals surface area (Å²) in [4.78, 5) is 4.46. The van der Waals surface area contributed by atoms with Crippen molar-refractivity contribution in [2.24, 2.45) is 11.8 Å². The average molecular weight is 279 g/mol. The minimum atomic E-state index is 0.605. The molecule has 0 amide bonds. The number of halogens is 1. The molecule has 3 atom stereocenters. The van der Waals surface area contributed by atoms with Crippen LogP contribution < -0.4 is 5.32 Å². The normalized spacial score (nSPS) is 30.2. The lowest BCUT2D eigenvalue weighted by molar-refractivity contribution is 0.440. The van der Waals surface area contributed by atoms with Crippen molar-refractivity contribution in [2.45, 2.75) is 31.7 Å². The van der Waals surface area contributed by atoms with Gasteiger partial charge in [-0.25, -0.2) is 4.98 Å².